The van der Waals surface area contributed by atoms with Gasteiger partial charge in [-0.3, -0.25) is 9.48 Å². The fourth-order valence-corrected chi connectivity index (χ4v) is 2.39. The van der Waals surface area contributed by atoms with Gasteiger partial charge in [0.2, 0.25) is 0 Å². The summed E-state index contributed by atoms with van der Waals surface area (Å²) in [4.78, 5) is 23.7. The van der Waals surface area contributed by atoms with Crippen molar-refractivity contribution in [1.82, 2.24) is 15.1 Å². The summed E-state index contributed by atoms with van der Waals surface area (Å²) in [6.07, 6.45) is 1.23. The zero-order valence-corrected chi connectivity index (χ0v) is 13.9. The van der Waals surface area contributed by atoms with E-state index >= 15 is 0 Å². The number of hydrogen-bond acceptors (Lipinski definition) is 5. The van der Waals surface area contributed by atoms with Crippen molar-refractivity contribution in [2.75, 3.05) is 14.2 Å². The Balaban J connectivity index is 2.28. The van der Waals surface area contributed by atoms with Gasteiger partial charge in [0, 0.05) is 12.6 Å². The van der Waals surface area contributed by atoms with Gasteiger partial charge in [-0.25, -0.2) is 4.79 Å². The Morgan fingerprint density at radius 1 is 1.29 bits per heavy atom. The Hall–Kier alpha value is -3.03. The topological polar surface area (TPSA) is 103 Å². The zero-order chi connectivity index (χ0) is 17.9. The molecule has 1 aromatic heterocycles. The molecular weight excluding hydrogens is 314 g/mol. The third-order valence-corrected chi connectivity index (χ3v) is 3.64. The molecule has 0 fully saturated rings. The summed E-state index contributed by atoms with van der Waals surface area (Å²) >= 11 is 0. The van der Waals surface area contributed by atoms with E-state index in [4.69, 9.17) is 9.47 Å². The second-order valence-electron chi connectivity index (χ2n) is 5.14. The Labute approximate surface area is 139 Å². The number of aromatic carboxylic acids is 1. The molecule has 0 saturated heterocycles. The van der Waals surface area contributed by atoms with Crippen LogP contribution in [0.25, 0.3) is 0 Å². The smallest absolute Gasteiger partial charge is 0.354 e. The lowest BCUT2D eigenvalue weighted by Gasteiger charge is -2.18. The molecule has 1 atom stereocenters. The van der Waals surface area contributed by atoms with Crippen molar-refractivity contribution in [2.45, 2.75) is 13.0 Å². The SMILES string of the molecule is COc1ccc(OC)c(C(C)NC(=O)c2cnn(C)c2C(=O)O)c1. The minimum atomic E-state index is -1.22. The van der Waals surface area contributed by atoms with Gasteiger partial charge in [0.15, 0.2) is 5.69 Å². The fourth-order valence-electron chi connectivity index (χ4n) is 2.39. The van der Waals surface area contributed by atoms with Crippen LogP contribution in [0, 0.1) is 0 Å². The molecule has 8 heteroatoms. The van der Waals surface area contributed by atoms with Gasteiger partial charge in [-0.1, -0.05) is 0 Å². The Morgan fingerprint density at radius 2 is 2.00 bits per heavy atom. The van der Waals surface area contributed by atoms with Gasteiger partial charge < -0.3 is 19.9 Å². The van der Waals surface area contributed by atoms with E-state index in [-0.39, 0.29) is 11.3 Å². The Bertz CT molecular complexity index is 769. The van der Waals surface area contributed by atoms with E-state index in [0.717, 1.165) is 4.68 Å². The molecule has 2 N–H and O–H groups in total. The molecule has 0 radical (unpaired) electrons. The third-order valence-electron chi connectivity index (χ3n) is 3.64. The Morgan fingerprint density at radius 3 is 2.58 bits per heavy atom. The molecule has 0 aliphatic carbocycles. The summed E-state index contributed by atoms with van der Waals surface area (Å²) in [5.74, 6) is -0.530. The highest BCUT2D eigenvalue weighted by molar-refractivity contribution is 6.03. The number of carboxylic acid groups (broad SMARTS) is 1. The average molecular weight is 333 g/mol. The first-order valence-electron chi connectivity index (χ1n) is 7.17. The van der Waals surface area contributed by atoms with E-state index in [1.165, 1.54) is 20.4 Å². The maximum atomic E-state index is 12.4. The van der Waals surface area contributed by atoms with Crippen LogP contribution in [0.2, 0.25) is 0 Å². The first-order chi connectivity index (χ1) is 11.4. The first-order valence-corrected chi connectivity index (χ1v) is 7.17. The highest BCUT2D eigenvalue weighted by atomic mass is 16.5. The number of carbonyl (C=O) groups excluding carboxylic acids is 1. The second kappa shape index (κ2) is 7.03. The van der Waals surface area contributed by atoms with Crippen LogP contribution in [0.4, 0.5) is 0 Å². The molecule has 0 aliphatic heterocycles. The summed E-state index contributed by atoms with van der Waals surface area (Å²) in [6, 6.07) is 4.82. The highest BCUT2D eigenvalue weighted by Gasteiger charge is 2.23. The number of nitrogens with one attached hydrogen (secondary N) is 1. The number of rotatable bonds is 6. The van der Waals surface area contributed by atoms with Gasteiger partial charge in [0.05, 0.1) is 32.0 Å². The van der Waals surface area contributed by atoms with Gasteiger partial charge in [0.25, 0.3) is 5.91 Å². The molecule has 24 heavy (non-hydrogen) atoms. The van der Waals surface area contributed by atoms with E-state index in [1.54, 1.807) is 32.2 Å². The number of nitrogens with zero attached hydrogens (tertiary/aromatic N) is 2. The van der Waals surface area contributed by atoms with E-state index in [0.29, 0.717) is 17.1 Å². The first kappa shape index (κ1) is 17.3. The monoisotopic (exact) mass is 333 g/mol. The molecule has 0 saturated carbocycles. The van der Waals surface area contributed by atoms with Crippen LogP contribution < -0.4 is 14.8 Å². The molecule has 0 aliphatic rings. The van der Waals surface area contributed by atoms with Gasteiger partial charge in [-0.2, -0.15) is 5.10 Å². The molecule has 1 heterocycles. The summed E-state index contributed by atoms with van der Waals surface area (Å²) in [7, 11) is 4.54. The summed E-state index contributed by atoms with van der Waals surface area (Å²) in [5.41, 5.74) is 0.544. The van der Waals surface area contributed by atoms with Crippen molar-refractivity contribution in [3.63, 3.8) is 0 Å². The van der Waals surface area contributed by atoms with Crippen LogP contribution in [0.15, 0.2) is 24.4 Å². The molecular formula is C16H19N3O5. The van der Waals surface area contributed by atoms with Crippen molar-refractivity contribution in [3.05, 3.63) is 41.2 Å². The van der Waals surface area contributed by atoms with Gasteiger partial charge in [-0.15, -0.1) is 0 Å². The molecule has 2 aromatic rings. The summed E-state index contributed by atoms with van der Waals surface area (Å²) in [6.45, 7) is 1.77. The van der Waals surface area contributed by atoms with Gasteiger partial charge in [0.1, 0.15) is 11.5 Å². The van der Waals surface area contributed by atoms with Crippen molar-refractivity contribution in [2.24, 2.45) is 7.05 Å². The molecule has 1 amide bonds. The number of hydrogen-bond donors (Lipinski definition) is 2. The lowest BCUT2D eigenvalue weighted by molar-refractivity contribution is 0.0678. The van der Waals surface area contributed by atoms with Crippen LogP contribution in [0.5, 0.6) is 11.5 Å². The van der Waals surface area contributed by atoms with Crippen molar-refractivity contribution in [1.29, 1.82) is 0 Å². The predicted octanol–water partition coefficient (Wildman–Crippen LogP) is 1.63. The minimum absolute atomic E-state index is 0.00119. The fraction of sp³-hybridized carbons (Fsp3) is 0.312. The van der Waals surface area contributed by atoms with E-state index < -0.39 is 17.9 Å². The highest BCUT2D eigenvalue weighted by Crippen LogP contribution is 2.29. The quantitative estimate of drug-likeness (QED) is 0.833. The second-order valence-corrected chi connectivity index (χ2v) is 5.14. The molecule has 1 aromatic carbocycles. The molecule has 8 nitrogen and oxygen atoms in total. The number of amides is 1. The Kier molecular flexibility index (Phi) is 5.08. The van der Waals surface area contributed by atoms with Gasteiger partial charge >= 0.3 is 5.97 Å². The van der Waals surface area contributed by atoms with E-state index in [1.807, 2.05) is 0 Å². The largest absolute Gasteiger partial charge is 0.497 e. The lowest BCUT2D eigenvalue weighted by atomic mass is 10.1. The number of carbonyl (C=O) groups is 2. The molecule has 1 unspecified atom stereocenters. The van der Waals surface area contributed by atoms with Crippen molar-refractivity contribution < 1.29 is 24.2 Å². The zero-order valence-electron chi connectivity index (χ0n) is 13.9. The van der Waals surface area contributed by atoms with E-state index in [9.17, 15) is 14.7 Å². The molecule has 0 spiro atoms. The third kappa shape index (κ3) is 3.32. The number of ether oxygens (including phenoxy) is 2. The van der Waals surface area contributed by atoms with Gasteiger partial charge in [-0.05, 0) is 25.1 Å². The average Bonchev–Trinajstić information content (AvgIpc) is 2.96. The maximum absolute atomic E-state index is 12.4. The van der Waals surface area contributed by atoms with Crippen LogP contribution in [-0.2, 0) is 7.05 Å². The summed E-state index contributed by atoms with van der Waals surface area (Å²) < 4.78 is 11.6. The molecule has 2 rings (SSSR count). The van der Waals surface area contributed by atoms with Crippen LogP contribution in [0.1, 0.15) is 39.4 Å². The number of benzene rings is 1. The van der Waals surface area contributed by atoms with E-state index in [2.05, 4.69) is 10.4 Å². The van der Waals surface area contributed by atoms with Crippen LogP contribution in [0.3, 0.4) is 0 Å². The van der Waals surface area contributed by atoms with Crippen LogP contribution in [-0.4, -0.2) is 41.0 Å². The van der Waals surface area contributed by atoms with Crippen LogP contribution >= 0.6 is 0 Å². The minimum Gasteiger partial charge on any atom is -0.497 e. The van der Waals surface area contributed by atoms with Crippen molar-refractivity contribution >= 4 is 11.9 Å². The molecule has 128 valence electrons. The number of methoxy groups -OCH3 is 2. The number of aromatic nitrogens is 2. The molecule has 0 bridgehead atoms. The lowest BCUT2D eigenvalue weighted by Crippen LogP contribution is -2.28. The van der Waals surface area contributed by atoms with Crippen molar-refractivity contribution in [3.8, 4) is 11.5 Å². The predicted molar refractivity (Wildman–Crippen MR) is 85.6 cm³/mol. The number of aryl methyl sites for hydroxylation is 1. The standard InChI is InChI=1S/C16H19N3O5/c1-9(11-7-10(23-3)5-6-13(11)24-4)18-15(20)12-8-17-19(2)14(12)16(21)22/h5-9H,1-4H3,(H,18,20)(H,21,22). The summed E-state index contributed by atoms with van der Waals surface area (Å²) in [5, 5.41) is 15.8. The normalized spacial score (nSPS) is 11.7. The maximum Gasteiger partial charge on any atom is 0.354 e. The number of carboxylic acids is 1.